The van der Waals surface area contributed by atoms with E-state index in [0.717, 1.165) is 19.6 Å². The van der Waals surface area contributed by atoms with Gasteiger partial charge in [-0.2, -0.15) is 5.26 Å². The molecule has 0 aromatic carbocycles. The summed E-state index contributed by atoms with van der Waals surface area (Å²) in [7, 11) is 2.17. The largest absolute Gasteiger partial charge is 0.378 e. The predicted molar refractivity (Wildman–Crippen MR) is 67.6 cm³/mol. The number of nitriles is 1. The highest BCUT2D eigenvalue weighted by atomic mass is 16.5. The Balaban J connectivity index is 1.97. The van der Waals surface area contributed by atoms with Gasteiger partial charge in [-0.25, -0.2) is 0 Å². The SMILES string of the molecule is CCO[C@@H]1C[C@@H](N(C)CCC#N)C12CCCC2. The van der Waals surface area contributed by atoms with Gasteiger partial charge in [0.25, 0.3) is 0 Å². The van der Waals surface area contributed by atoms with Crippen LogP contribution in [0, 0.1) is 16.7 Å². The van der Waals surface area contributed by atoms with Crippen molar-refractivity contribution >= 4 is 0 Å². The molecule has 2 saturated carbocycles. The highest BCUT2D eigenvalue weighted by Gasteiger charge is 2.57. The summed E-state index contributed by atoms with van der Waals surface area (Å²) in [5, 5.41) is 8.68. The minimum absolute atomic E-state index is 0.417. The third kappa shape index (κ3) is 2.21. The van der Waals surface area contributed by atoms with Crippen LogP contribution in [0.1, 0.15) is 45.4 Å². The van der Waals surface area contributed by atoms with Gasteiger partial charge >= 0.3 is 0 Å². The van der Waals surface area contributed by atoms with Crippen molar-refractivity contribution in [2.75, 3.05) is 20.2 Å². The van der Waals surface area contributed by atoms with Gasteiger partial charge < -0.3 is 9.64 Å². The Morgan fingerprint density at radius 1 is 1.41 bits per heavy atom. The second-order valence-electron chi connectivity index (χ2n) is 5.52. The molecule has 2 fully saturated rings. The Kier molecular flexibility index (Phi) is 4.06. The number of hydrogen-bond donors (Lipinski definition) is 0. The summed E-state index contributed by atoms with van der Waals surface area (Å²) < 4.78 is 5.91. The maximum absolute atomic E-state index is 8.68. The van der Waals surface area contributed by atoms with Gasteiger partial charge in [0.05, 0.1) is 12.2 Å². The normalized spacial score (nSPS) is 30.5. The summed E-state index contributed by atoms with van der Waals surface area (Å²) in [5.74, 6) is 0. The van der Waals surface area contributed by atoms with E-state index in [-0.39, 0.29) is 0 Å². The molecule has 2 rings (SSSR count). The summed E-state index contributed by atoms with van der Waals surface area (Å²) in [6.45, 7) is 3.83. The van der Waals surface area contributed by atoms with Crippen LogP contribution in [-0.4, -0.2) is 37.2 Å². The Bertz CT molecular complexity index is 291. The lowest BCUT2D eigenvalue weighted by molar-refractivity contribution is -0.160. The lowest BCUT2D eigenvalue weighted by Crippen LogP contribution is -2.63. The molecule has 0 heterocycles. The van der Waals surface area contributed by atoms with Crippen molar-refractivity contribution in [2.24, 2.45) is 5.41 Å². The van der Waals surface area contributed by atoms with E-state index < -0.39 is 0 Å². The van der Waals surface area contributed by atoms with E-state index in [9.17, 15) is 0 Å². The quantitative estimate of drug-likeness (QED) is 0.736. The fourth-order valence-electron chi connectivity index (χ4n) is 3.85. The molecule has 2 aliphatic carbocycles. The van der Waals surface area contributed by atoms with Crippen molar-refractivity contribution < 1.29 is 4.74 Å². The van der Waals surface area contributed by atoms with E-state index in [1.54, 1.807) is 0 Å². The molecule has 1 spiro atoms. The molecule has 2 aliphatic rings. The molecule has 0 N–H and O–H groups in total. The van der Waals surface area contributed by atoms with Crippen LogP contribution in [0.3, 0.4) is 0 Å². The lowest BCUT2D eigenvalue weighted by Gasteiger charge is -2.57. The first-order chi connectivity index (χ1) is 8.24. The maximum atomic E-state index is 8.68. The molecule has 0 unspecified atom stereocenters. The molecule has 0 aromatic heterocycles. The van der Waals surface area contributed by atoms with Crippen molar-refractivity contribution in [1.82, 2.24) is 4.90 Å². The molecule has 3 heteroatoms. The van der Waals surface area contributed by atoms with E-state index in [4.69, 9.17) is 10.00 Å². The van der Waals surface area contributed by atoms with Crippen LogP contribution in [0.15, 0.2) is 0 Å². The summed E-state index contributed by atoms with van der Waals surface area (Å²) in [4.78, 5) is 2.39. The van der Waals surface area contributed by atoms with E-state index in [1.807, 2.05) is 0 Å². The number of nitrogens with zero attached hydrogens (tertiary/aromatic N) is 2. The Labute approximate surface area is 105 Å². The van der Waals surface area contributed by atoms with E-state index in [1.165, 1.54) is 25.7 Å². The molecule has 96 valence electrons. The molecule has 0 saturated heterocycles. The van der Waals surface area contributed by atoms with Crippen LogP contribution < -0.4 is 0 Å². The van der Waals surface area contributed by atoms with Gasteiger partial charge in [-0.3, -0.25) is 0 Å². The lowest BCUT2D eigenvalue weighted by atomic mass is 9.60. The van der Waals surface area contributed by atoms with Crippen LogP contribution >= 0.6 is 0 Å². The first kappa shape index (κ1) is 12.9. The number of hydrogen-bond acceptors (Lipinski definition) is 3. The Hall–Kier alpha value is -0.590. The monoisotopic (exact) mass is 236 g/mol. The van der Waals surface area contributed by atoms with Crippen LogP contribution in [0.2, 0.25) is 0 Å². The van der Waals surface area contributed by atoms with Crippen molar-refractivity contribution in [3.05, 3.63) is 0 Å². The number of rotatable bonds is 5. The second-order valence-corrected chi connectivity index (χ2v) is 5.52. The van der Waals surface area contributed by atoms with Gasteiger partial charge in [-0.05, 0) is 33.2 Å². The van der Waals surface area contributed by atoms with Crippen LogP contribution in [0.5, 0.6) is 0 Å². The fourth-order valence-corrected chi connectivity index (χ4v) is 3.85. The minimum Gasteiger partial charge on any atom is -0.378 e. The van der Waals surface area contributed by atoms with Gasteiger partial charge in [0, 0.05) is 31.0 Å². The first-order valence-corrected chi connectivity index (χ1v) is 6.93. The number of ether oxygens (including phenoxy) is 1. The first-order valence-electron chi connectivity index (χ1n) is 6.93. The zero-order chi connectivity index (χ0) is 12.3. The topological polar surface area (TPSA) is 36.3 Å². The summed E-state index contributed by atoms with van der Waals surface area (Å²) in [6, 6.07) is 2.89. The average molecular weight is 236 g/mol. The predicted octanol–water partition coefficient (Wildman–Crippen LogP) is 2.57. The van der Waals surface area contributed by atoms with Crippen LogP contribution in [0.4, 0.5) is 0 Å². The molecule has 0 aliphatic heterocycles. The van der Waals surface area contributed by atoms with E-state index >= 15 is 0 Å². The molecule has 0 amide bonds. The van der Waals surface area contributed by atoms with Gasteiger partial charge in [0.15, 0.2) is 0 Å². The highest BCUT2D eigenvalue weighted by molar-refractivity contribution is 5.10. The van der Waals surface area contributed by atoms with Gasteiger partial charge in [-0.1, -0.05) is 12.8 Å². The Morgan fingerprint density at radius 3 is 2.71 bits per heavy atom. The third-order valence-corrected chi connectivity index (χ3v) is 4.75. The van der Waals surface area contributed by atoms with Crippen molar-refractivity contribution in [1.29, 1.82) is 5.26 Å². The summed E-state index contributed by atoms with van der Waals surface area (Å²) in [5.41, 5.74) is 0.417. The Morgan fingerprint density at radius 2 is 2.12 bits per heavy atom. The summed E-state index contributed by atoms with van der Waals surface area (Å²) >= 11 is 0. The third-order valence-electron chi connectivity index (χ3n) is 4.75. The molecule has 0 radical (unpaired) electrons. The van der Waals surface area contributed by atoms with E-state index in [0.29, 0.717) is 24.0 Å². The van der Waals surface area contributed by atoms with E-state index in [2.05, 4.69) is 24.9 Å². The standard InChI is InChI=1S/C14H24N2O/c1-3-17-13-11-12(16(2)10-6-9-15)14(13)7-4-5-8-14/h12-13H,3-8,10-11H2,1-2H3/t12-,13-/m1/s1. The molecule has 0 aromatic rings. The maximum Gasteiger partial charge on any atom is 0.0661 e. The van der Waals surface area contributed by atoms with Gasteiger partial charge in [0.2, 0.25) is 0 Å². The molecule has 0 bridgehead atoms. The van der Waals surface area contributed by atoms with Crippen LogP contribution in [-0.2, 0) is 4.74 Å². The minimum atomic E-state index is 0.417. The average Bonchev–Trinajstić information content (AvgIpc) is 2.83. The van der Waals surface area contributed by atoms with Gasteiger partial charge in [0.1, 0.15) is 0 Å². The smallest absolute Gasteiger partial charge is 0.0661 e. The zero-order valence-electron chi connectivity index (χ0n) is 11.1. The highest BCUT2D eigenvalue weighted by Crippen LogP contribution is 2.56. The second kappa shape index (κ2) is 5.37. The molecular formula is C14H24N2O. The van der Waals surface area contributed by atoms with Crippen molar-refractivity contribution in [3.8, 4) is 6.07 Å². The molecular weight excluding hydrogens is 212 g/mol. The molecule has 3 nitrogen and oxygen atoms in total. The fraction of sp³-hybridized carbons (Fsp3) is 0.929. The summed E-state index contributed by atoms with van der Waals surface area (Å²) in [6.07, 6.45) is 7.62. The van der Waals surface area contributed by atoms with Gasteiger partial charge in [-0.15, -0.1) is 0 Å². The zero-order valence-corrected chi connectivity index (χ0v) is 11.1. The van der Waals surface area contributed by atoms with Crippen molar-refractivity contribution in [3.63, 3.8) is 0 Å². The molecule has 17 heavy (non-hydrogen) atoms. The van der Waals surface area contributed by atoms with Crippen LogP contribution in [0.25, 0.3) is 0 Å². The molecule has 2 atom stereocenters. The van der Waals surface area contributed by atoms with Crippen molar-refractivity contribution in [2.45, 2.75) is 57.6 Å².